The summed E-state index contributed by atoms with van der Waals surface area (Å²) in [5.74, 6) is 0. The molecule has 0 radical (unpaired) electrons. The number of hydrogen-bond acceptors (Lipinski definition) is 5. The maximum Gasteiger partial charge on any atom is 0.407 e. The van der Waals surface area contributed by atoms with Gasteiger partial charge in [0.25, 0.3) is 0 Å². The number of aliphatic hydroxyl groups excluding tert-OH is 1. The van der Waals surface area contributed by atoms with Gasteiger partial charge >= 0.3 is 6.09 Å². The van der Waals surface area contributed by atoms with E-state index in [9.17, 15) is 18.3 Å². The van der Waals surface area contributed by atoms with Crippen LogP contribution in [0.2, 0.25) is 0 Å². The molecule has 0 saturated heterocycles. The third kappa shape index (κ3) is 5.92. The summed E-state index contributed by atoms with van der Waals surface area (Å²) in [6.45, 7) is 6.44. The van der Waals surface area contributed by atoms with E-state index in [0.29, 0.717) is 0 Å². The monoisotopic (exact) mass is 253 g/mol. The van der Waals surface area contributed by atoms with Crippen LogP contribution < -0.4 is 5.32 Å². The number of carbonyl (C=O) groups excluding carboxylic acids is 1. The van der Waals surface area contributed by atoms with E-state index in [0.717, 1.165) is 6.26 Å². The summed E-state index contributed by atoms with van der Waals surface area (Å²) in [5, 5.41) is 11.6. The molecule has 7 heteroatoms. The van der Waals surface area contributed by atoms with Gasteiger partial charge in [0.1, 0.15) is 5.60 Å². The Kier molecular flexibility index (Phi) is 4.75. The number of alkyl carbamates (subject to hydrolysis) is 1. The fourth-order valence-electron chi connectivity index (χ4n) is 0.936. The van der Waals surface area contributed by atoms with Crippen LogP contribution in [0, 0.1) is 0 Å². The standard InChI is InChI=1S/C9H19NO5S/c1-6(7(11)16(5,13)14)10-8(12)15-9(2,3)4/h6-7,11H,1-5H3,(H,10,12)/t6?,7-/m1/s1. The Morgan fingerprint density at radius 2 is 1.81 bits per heavy atom. The van der Waals surface area contributed by atoms with Gasteiger partial charge in [0, 0.05) is 6.26 Å². The van der Waals surface area contributed by atoms with Crippen LogP contribution in [0.3, 0.4) is 0 Å². The first-order chi connectivity index (χ1) is 6.93. The molecule has 0 aliphatic rings. The smallest absolute Gasteiger partial charge is 0.407 e. The van der Waals surface area contributed by atoms with Crippen LogP contribution in [0.1, 0.15) is 27.7 Å². The van der Waals surface area contributed by atoms with E-state index >= 15 is 0 Å². The Bertz CT molecular complexity index is 343. The number of carbonyl (C=O) groups is 1. The van der Waals surface area contributed by atoms with Crippen molar-refractivity contribution < 1.29 is 23.1 Å². The van der Waals surface area contributed by atoms with E-state index in [1.807, 2.05) is 0 Å². The molecule has 96 valence electrons. The summed E-state index contributed by atoms with van der Waals surface area (Å²) in [7, 11) is -3.61. The van der Waals surface area contributed by atoms with Crippen molar-refractivity contribution in [3.8, 4) is 0 Å². The molecule has 0 aromatic heterocycles. The van der Waals surface area contributed by atoms with Crippen molar-refractivity contribution in [3.05, 3.63) is 0 Å². The molecule has 0 fully saturated rings. The zero-order valence-corrected chi connectivity index (χ0v) is 11.0. The Labute approximate surface area is 95.9 Å². The van der Waals surface area contributed by atoms with Gasteiger partial charge in [-0.1, -0.05) is 0 Å². The number of sulfone groups is 1. The van der Waals surface area contributed by atoms with Gasteiger partial charge in [0.05, 0.1) is 6.04 Å². The van der Waals surface area contributed by atoms with Gasteiger partial charge in [-0.05, 0) is 27.7 Å². The minimum atomic E-state index is -3.61. The van der Waals surface area contributed by atoms with Crippen LogP contribution in [-0.2, 0) is 14.6 Å². The molecule has 1 amide bonds. The average molecular weight is 253 g/mol. The highest BCUT2D eigenvalue weighted by molar-refractivity contribution is 7.91. The molecular weight excluding hydrogens is 234 g/mol. The van der Waals surface area contributed by atoms with E-state index in [2.05, 4.69) is 5.32 Å². The van der Waals surface area contributed by atoms with Crippen molar-refractivity contribution in [2.24, 2.45) is 0 Å². The minimum Gasteiger partial charge on any atom is -0.444 e. The van der Waals surface area contributed by atoms with E-state index < -0.39 is 33.0 Å². The van der Waals surface area contributed by atoms with Gasteiger partial charge in [-0.25, -0.2) is 13.2 Å². The molecule has 0 aromatic carbocycles. The maximum absolute atomic E-state index is 11.3. The SMILES string of the molecule is CC(NC(=O)OC(C)(C)C)[C@H](O)S(C)(=O)=O. The van der Waals surface area contributed by atoms with Crippen LogP contribution in [0.5, 0.6) is 0 Å². The number of rotatable bonds is 3. The first-order valence-corrected chi connectivity index (χ1v) is 6.75. The fraction of sp³-hybridized carbons (Fsp3) is 0.889. The highest BCUT2D eigenvalue weighted by atomic mass is 32.2. The molecule has 2 atom stereocenters. The molecule has 1 unspecified atom stereocenters. The summed E-state index contributed by atoms with van der Waals surface area (Å²) in [6, 6.07) is -0.926. The fourth-order valence-corrected chi connectivity index (χ4v) is 1.75. The molecule has 0 aliphatic carbocycles. The third-order valence-corrected chi connectivity index (χ3v) is 2.90. The van der Waals surface area contributed by atoms with Gasteiger partial charge in [0.2, 0.25) is 0 Å². The van der Waals surface area contributed by atoms with Crippen molar-refractivity contribution in [1.82, 2.24) is 5.32 Å². The van der Waals surface area contributed by atoms with Gasteiger partial charge in [-0.15, -0.1) is 0 Å². The Morgan fingerprint density at radius 1 is 1.38 bits per heavy atom. The van der Waals surface area contributed by atoms with Gasteiger partial charge in [-0.2, -0.15) is 0 Å². The van der Waals surface area contributed by atoms with Crippen molar-refractivity contribution in [2.75, 3.05) is 6.26 Å². The topological polar surface area (TPSA) is 92.7 Å². The number of nitrogens with one attached hydrogen (secondary N) is 1. The average Bonchev–Trinajstić information content (AvgIpc) is 1.96. The zero-order valence-electron chi connectivity index (χ0n) is 10.1. The summed E-state index contributed by atoms with van der Waals surface area (Å²) in [4.78, 5) is 11.3. The van der Waals surface area contributed by atoms with Crippen molar-refractivity contribution in [3.63, 3.8) is 0 Å². The van der Waals surface area contributed by atoms with Crippen molar-refractivity contribution >= 4 is 15.9 Å². The third-order valence-electron chi connectivity index (χ3n) is 1.61. The van der Waals surface area contributed by atoms with Crippen LogP contribution >= 0.6 is 0 Å². The van der Waals surface area contributed by atoms with Crippen LogP contribution in [0.4, 0.5) is 4.79 Å². The number of amides is 1. The van der Waals surface area contributed by atoms with Gasteiger partial charge in [-0.3, -0.25) is 0 Å². The zero-order chi connectivity index (χ0) is 13.1. The molecule has 0 heterocycles. The maximum atomic E-state index is 11.3. The van der Waals surface area contributed by atoms with Crippen LogP contribution in [0.25, 0.3) is 0 Å². The first kappa shape index (κ1) is 15.2. The normalized spacial score (nSPS) is 16.4. The lowest BCUT2D eigenvalue weighted by atomic mass is 10.2. The summed E-state index contributed by atoms with van der Waals surface area (Å²) in [5.41, 5.74) is -2.31. The molecular formula is C9H19NO5S. The molecule has 0 saturated carbocycles. The summed E-state index contributed by atoms with van der Waals surface area (Å²) < 4.78 is 26.9. The second kappa shape index (κ2) is 5.01. The molecule has 2 N–H and O–H groups in total. The minimum absolute atomic E-state index is 0.667. The van der Waals surface area contributed by atoms with Crippen molar-refractivity contribution in [1.29, 1.82) is 0 Å². The lowest BCUT2D eigenvalue weighted by Gasteiger charge is -2.23. The lowest BCUT2D eigenvalue weighted by Crippen LogP contribution is -2.46. The van der Waals surface area contributed by atoms with E-state index in [1.165, 1.54) is 6.92 Å². The Hall–Kier alpha value is -0.820. The Balaban J connectivity index is 4.37. The van der Waals surface area contributed by atoms with Crippen molar-refractivity contribution in [2.45, 2.75) is 44.8 Å². The van der Waals surface area contributed by atoms with Crippen LogP contribution in [-0.4, -0.2) is 43.0 Å². The second-order valence-electron chi connectivity index (χ2n) is 4.65. The largest absolute Gasteiger partial charge is 0.444 e. The second-order valence-corrected chi connectivity index (χ2v) is 6.80. The predicted molar refractivity (Wildman–Crippen MR) is 59.7 cm³/mol. The highest BCUT2D eigenvalue weighted by Gasteiger charge is 2.27. The van der Waals surface area contributed by atoms with Gasteiger partial charge in [0.15, 0.2) is 15.3 Å². The molecule has 0 aromatic rings. The highest BCUT2D eigenvalue weighted by Crippen LogP contribution is 2.08. The molecule has 6 nitrogen and oxygen atoms in total. The van der Waals surface area contributed by atoms with E-state index in [-0.39, 0.29) is 0 Å². The Morgan fingerprint density at radius 3 is 2.12 bits per heavy atom. The molecule has 0 rings (SSSR count). The quantitative estimate of drug-likeness (QED) is 0.752. The number of hydrogen-bond donors (Lipinski definition) is 2. The molecule has 0 spiro atoms. The van der Waals surface area contributed by atoms with Gasteiger partial charge < -0.3 is 15.2 Å². The molecule has 0 bridgehead atoms. The first-order valence-electron chi connectivity index (χ1n) is 4.80. The summed E-state index contributed by atoms with van der Waals surface area (Å²) >= 11 is 0. The molecule has 16 heavy (non-hydrogen) atoms. The predicted octanol–water partition coefficient (Wildman–Crippen LogP) is 0.263. The number of ether oxygens (including phenoxy) is 1. The van der Waals surface area contributed by atoms with Crippen LogP contribution in [0.15, 0.2) is 0 Å². The van der Waals surface area contributed by atoms with E-state index in [4.69, 9.17) is 4.74 Å². The van der Waals surface area contributed by atoms with E-state index in [1.54, 1.807) is 20.8 Å². The lowest BCUT2D eigenvalue weighted by molar-refractivity contribution is 0.0477. The number of aliphatic hydroxyl groups is 1. The molecule has 0 aliphatic heterocycles. The summed E-state index contributed by atoms with van der Waals surface area (Å²) in [6.07, 6.45) is 0.132.